The van der Waals surface area contributed by atoms with E-state index >= 15 is 0 Å². The zero-order valence-electron chi connectivity index (χ0n) is 13.5. The molecule has 1 fully saturated rings. The fourth-order valence-electron chi connectivity index (χ4n) is 3.49. The lowest BCUT2D eigenvalue weighted by Gasteiger charge is -2.35. The molecule has 1 amide bonds. The number of aliphatic carboxylic acids is 1. The molecule has 0 saturated carbocycles. The van der Waals surface area contributed by atoms with Crippen LogP contribution in [0.25, 0.3) is 0 Å². The summed E-state index contributed by atoms with van der Waals surface area (Å²) in [5.41, 5.74) is 1.57. The van der Waals surface area contributed by atoms with Crippen molar-refractivity contribution in [1.82, 2.24) is 4.90 Å². The Kier molecular flexibility index (Phi) is 4.92. The van der Waals surface area contributed by atoms with E-state index in [1.54, 1.807) is 36.1 Å². The molecule has 1 saturated heterocycles. The van der Waals surface area contributed by atoms with Crippen LogP contribution in [0.4, 0.5) is 0 Å². The Balaban J connectivity index is 1.94. The summed E-state index contributed by atoms with van der Waals surface area (Å²) < 4.78 is 5.59. The van der Waals surface area contributed by atoms with Gasteiger partial charge in [0.1, 0.15) is 0 Å². The largest absolute Gasteiger partial charge is 0.478 e. The third-order valence-electron chi connectivity index (χ3n) is 4.74. The van der Waals surface area contributed by atoms with Crippen LogP contribution in [-0.4, -0.2) is 41.1 Å². The number of allylic oxidation sites excluding steroid dienone is 1. The average Bonchev–Trinajstić information content (AvgIpc) is 3.04. The van der Waals surface area contributed by atoms with Gasteiger partial charge in [0.25, 0.3) is 0 Å². The molecule has 5 nitrogen and oxygen atoms in total. The molecule has 24 heavy (non-hydrogen) atoms. The van der Waals surface area contributed by atoms with Gasteiger partial charge in [-0.25, -0.2) is 4.79 Å². The fraction of sp³-hybridized carbons (Fsp3) is 0.444. The minimum atomic E-state index is -0.989. The Hall–Kier alpha value is -1.85. The van der Waals surface area contributed by atoms with E-state index in [2.05, 4.69) is 0 Å². The van der Waals surface area contributed by atoms with Crippen molar-refractivity contribution in [3.8, 4) is 0 Å². The molecule has 2 aliphatic rings. The van der Waals surface area contributed by atoms with Gasteiger partial charge < -0.3 is 14.7 Å². The quantitative estimate of drug-likeness (QED) is 0.906. The van der Waals surface area contributed by atoms with Crippen molar-refractivity contribution >= 4 is 23.5 Å². The summed E-state index contributed by atoms with van der Waals surface area (Å²) in [5, 5.41) is 10.3. The topological polar surface area (TPSA) is 66.8 Å². The first-order valence-corrected chi connectivity index (χ1v) is 8.46. The molecule has 2 atom stereocenters. The van der Waals surface area contributed by atoms with Crippen molar-refractivity contribution in [3.05, 3.63) is 46.1 Å². The molecule has 3 rings (SSSR count). The van der Waals surface area contributed by atoms with Gasteiger partial charge in [-0.2, -0.15) is 0 Å². The number of carboxylic acids is 1. The van der Waals surface area contributed by atoms with Gasteiger partial charge in [-0.05, 0) is 37.5 Å². The molecule has 1 aromatic carbocycles. The molecule has 1 N–H and O–H groups in total. The smallest absolute Gasteiger partial charge is 0.333 e. The fourth-order valence-corrected chi connectivity index (χ4v) is 3.61. The van der Waals surface area contributed by atoms with Crippen LogP contribution in [0.2, 0.25) is 5.02 Å². The van der Waals surface area contributed by atoms with E-state index in [-0.39, 0.29) is 24.0 Å². The Morgan fingerprint density at radius 1 is 1.38 bits per heavy atom. The monoisotopic (exact) mass is 349 g/mol. The van der Waals surface area contributed by atoms with Crippen LogP contribution >= 0.6 is 11.6 Å². The van der Waals surface area contributed by atoms with E-state index in [9.17, 15) is 14.7 Å². The van der Waals surface area contributed by atoms with Gasteiger partial charge in [0.05, 0.1) is 18.2 Å². The van der Waals surface area contributed by atoms with Gasteiger partial charge >= 0.3 is 5.97 Å². The number of hydrogen-bond acceptors (Lipinski definition) is 3. The number of rotatable bonds is 4. The summed E-state index contributed by atoms with van der Waals surface area (Å²) in [6, 6.07) is 7.00. The Morgan fingerprint density at radius 3 is 2.67 bits per heavy atom. The van der Waals surface area contributed by atoms with E-state index in [0.717, 1.165) is 18.4 Å². The van der Waals surface area contributed by atoms with Crippen molar-refractivity contribution in [1.29, 1.82) is 0 Å². The van der Waals surface area contributed by atoms with Crippen molar-refractivity contribution < 1.29 is 19.4 Å². The Morgan fingerprint density at radius 2 is 2.08 bits per heavy atom. The second-order valence-corrected chi connectivity index (χ2v) is 6.69. The van der Waals surface area contributed by atoms with Crippen LogP contribution in [0.5, 0.6) is 0 Å². The summed E-state index contributed by atoms with van der Waals surface area (Å²) in [7, 11) is 0. The molecule has 6 heteroatoms. The number of halogens is 1. The zero-order valence-corrected chi connectivity index (χ0v) is 14.3. The van der Waals surface area contributed by atoms with Gasteiger partial charge in [-0.1, -0.05) is 23.7 Å². The number of carbonyl (C=O) groups excluding carboxylic acids is 1. The second-order valence-electron chi connectivity index (χ2n) is 6.25. The van der Waals surface area contributed by atoms with E-state index in [1.807, 2.05) is 0 Å². The first-order chi connectivity index (χ1) is 11.5. The summed E-state index contributed by atoms with van der Waals surface area (Å²) in [5.74, 6) is -1.50. The highest BCUT2D eigenvalue weighted by molar-refractivity contribution is 6.30. The lowest BCUT2D eigenvalue weighted by Crippen LogP contribution is -2.41. The van der Waals surface area contributed by atoms with E-state index in [0.29, 0.717) is 23.9 Å². The molecular weight excluding hydrogens is 330 g/mol. The molecule has 1 aromatic rings. The van der Waals surface area contributed by atoms with Gasteiger partial charge in [-0.3, -0.25) is 4.79 Å². The molecule has 128 valence electrons. The Labute approximate surface area is 145 Å². The van der Waals surface area contributed by atoms with Gasteiger partial charge in [-0.15, -0.1) is 0 Å². The molecule has 0 bridgehead atoms. The number of ether oxygens (including phenoxy) is 1. The normalized spacial score (nSPS) is 24.6. The van der Waals surface area contributed by atoms with Crippen LogP contribution in [0.1, 0.15) is 37.7 Å². The molecule has 2 heterocycles. The summed E-state index contributed by atoms with van der Waals surface area (Å²) in [4.78, 5) is 26.1. The highest BCUT2D eigenvalue weighted by Gasteiger charge is 2.37. The number of carboxylic acid groups (broad SMARTS) is 1. The van der Waals surface area contributed by atoms with Crippen molar-refractivity contribution in [2.45, 2.75) is 38.2 Å². The van der Waals surface area contributed by atoms with Gasteiger partial charge in [0.2, 0.25) is 5.91 Å². The van der Waals surface area contributed by atoms with Gasteiger partial charge in [0, 0.05) is 29.7 Å². The maximum atomic E-state index is 12.6. The molecule has 0 radical (unpaired) electrons. The molecular formula is C18H20ClNO4. The molecule has 1 unspecified atom stereocenters. The van der Waals surface area contributed by atoms with E-state index in [4.69, 9.17) is 16.3 Å². The van der Waals surface area contributed by atoms with Crippen LogP contribution in [0.3, 0.4) is 0 Å². The predicted molar refractivity (Wildman–Crippen MR) is 89.8 cm³/mol. The summed E-state index contributed by atoms with van der Waals surface area (Å²) in [6.07, 6.45) is 2.02. The van der Waals surface area contributed by atoms with E-state index < -0.39 is 11.9 Å². The number of amides is 1. The minimum Gasteiger partial charge on any atom is -0.478 e. The number of hydrogen-bond donors (Lipinski definition) is 1. The Bertz CT molecular complexity index is 677. The standard InChI is InChI=1S/C18H20ClNO4/c1-11-17(18(22)23)15(12-4-6-13(19)7-5-12)9-16(21)20(11)10-14-3-2-8-24-14/h4-7,14-15H,2-3,8-10H2,1H3,(H,22,23)/t14?,15-/m0/s1. The number of carbonyl (C=O) groups is 2. The second kappa shape index (κ2) is 6.95. The third kappa shape index (κ3) is 3.32. The molecule has 2 aliphatic heterocycles. The third-order valence-corrected chi connectivity index (χ3v) is 4.99. The van der Waals surface area contributed by atoms with Crippen LogP contribution in [0.15, 0.2) is 35.5 Å². The van der Waals surface area contributed by atoms with Crippen molar-refractivity contribution in [2.24, 2.45) is 0 Å². The molecule has 0 spiro atoms. The zero-order chi connectivity index (χ0) is 17.3. The van der Waals surface area contributed by atoms with Crippen LogP contribution in [0, 0.1) is 0 Å². The maximum Gasteiger partial charge on any atom is 0.333 e. The minimum absolute atomic E-state index is 0.00831. The van der Waals surface area contributed by atoms with E-state index in [1.165, 1.54) is 0 Å². The summed E-state index contributed by atoms with van der Waals surface area (Å²) >= 11 is 5.91. The predicted octanol–water partition coefficient (Wildman–Crippen LogP) is 3.19. The lowest BCUT2D eigenvalue weighted by molar-refractivity contribution is -0.135. The number of benzene rings is 1. The SMILES string of the molecule is CC1=C(C(=O)O)[C@H](c2ccc(Cl)cc2)CC(=O)N1CC1CCCO1. The van der Waals surface area contributed by atoms with Crippen LogP contribution in [-0.2, 0) is 14.3 Å². The van der Waals surface area contributed by atoms with Gasteiger partial charge in [0.15, 0.2) is 0 Å². The lowest BCUT2D eigenvalue weighted by atomic mass is 9.83. The first-order valence-electron chi connectivity index (χ1n) is 8.09. The average molecular weight is 350 g/mol. The molecule has 0 aromatic heterocycles. The highest BCUT2D eigenvalue weighted by Crippen LogP contribution is 2.37. The highest BCUT2D eigenvalue weighted by atomic mass is 35.5. The summed E-state index contributed by atoms with van der Waals surface area (Å²) in [6.45, 7) is 2.84. The maximum absolute atomic E-state index is 12.6. The van der Waals surface area contributed by atoms with Crippen molar-refractivity contribution in [3.63, 3.8) is 0 Å². The van der Waals surface area contributed by atoms with Crippen LogP contribution < -0.4 is 0 Å². The first kappa shape index (κ1) is 17.0. The van der Waals surface area contributed by atoms with Crippen molar-refractivity contribution in [2.75, 3.05) is 13.2 Å². The molecule has 0 aliphatic carbocycles. The number of nitrogens with zero attached hydrogens (tertiary/aromatic N) is 1.